The third-order valence-corrected chi connectivity index (χ3v) is 2.42. The van der Waals surface area contributed by atoms with Crippen LogP contribution in [0.2, 0.25) is 0 Å². The van der Waals surface area contributed by atoms with E-state index in [1.807, 2.05) is 13.1 Å². The Balaban J connectivity index is 2.70. The molecule has 1 N–H and O–H groups in total. The molecular formula is C11H19NO2. The van der Waals surface area contributed by atoms with Gasteiger partial charge >= 0.3 is 0 Å². The number of likely N-dealkylation sites (N-methyl/N-ethyl adjacent to an activating group) is 1. The highest BCUT2D eigenvalue weighted by atomic mass is 16.5. The lowest BCUT2D eigenvalue weighted by Gasteiger charge is -2.23. The third kappa shape index (κ3) is 2.86. The molecule has 1 heterocycles. The summed E-state index contributed by atoms with van der Waals surface area (Å²) in [5, 5.41) is 3.25. The summed E-state index contributed by atoms with van der Waals surface area (Å²) in [6.07, 6.45) is 2.59. The number of hydrogen-bond donors (Lipinski definition) is 1. The Kier molecular flexibility index (Phi) is 3.72. The van der Waals surface area contributed by atoms with Gasteiger partial charge < -0.3 is 14.5 Å². The molecule has 0 aliphatic carbocycles. The summed E-state index contributed by atoms with van der Waals surface area (Å²) in [5.41, 5.74) is 1.19. The van der Waals surface area contributed by atoms with Gasteiger partial charge in [0.1, 0.15) is 5.76 Å². The average molecular weight is 197 g/mol. The standard InChI is InChI=1S/C11H19NO2/c1-11(2,12-3)7-10-9(8-13-4)5-6-14-10/h5-6,12H,7-8H2,1-4H3. The number of nitrogens with one attached hydrogen (secondary N) is 1. The molecule has 0 unspecified atom stereocenters. The molecule has 0 saturated heterocycles. The Morgan fingerprint density at radius 3 is 2.79 bits per heavy atom. The van der Waals surface area contributed by atoms with Gasteiger partial charge in [0.25, 0.3) is 0 Å². The van der Waals surface area contributed by atoms with E-state index in [4.69, 9.17) is 9.15 Å². The zero-order valence-corrected chi connectivity index (χ0v) is 9.39. The molecule has 0 fully saturated rings. The van der Waals surface area contributed by atoms with Crippen molar-refractivity contribution in [1.29, 1.82) is 0 Å². The molecule has 3 heteroatoms. The van der Waals surface area contributed by atoms with Crippen LogP contribution in [-0.2, 0) is 17.8 Å². The molecule has 0 aromatic carbocycles. The molecule has 1 aromatic rings. The molecule has 1 aromatic heterocycles. The fourth-order valence-corrected chi connectivity index (χ4v) is 1.30. The molecule has 0 amide bonds. The summed E-state index contributed by atoms with van der Waals surface area (Å²) in [6, 6.07) is 1.96. The number of ether oxygens (including phenoxy) is 1. The number of methoxy groups -OCH3 is 1. The molecule has 0 saturated carbocycles. The molecule has 0 atom stereocenters. The second kappa shape index (κ2) is 4.62. The highest BCUT2D eigenvalue weighted by Gasteiger charge is 2.19. The normalized spacial score (nSPS) is 12.0. The molecule has 0 radical (unpaired) electrons. The van der Waals surface area contributed by atoms with Gasteiger partial charge in [-0.2, -0.15) is 0 Å². The van der Waals surface area contributed by atoms with Gasteiger partial charge in [-0.25, -0.2) is 0 Å². The Morgan fingerprint density at radius 1 is 1.50 bits per heavy atom. The van der Waals surface area contributed by atoms with Crippen molar-refractivity contribution < 1.29 is 9.15 Å². The van der Waals surface area contributed by atoms with E-state index in [0.29, 0.717) is 6.61 Å². The van der Waals surface area contributed by atoms with E-state index in [1.54, 1.807) is 13.4 Å². The Hall–Kier alpha value is -0.800. The molecule has 0 bridgehead atoms. The van der Waals surface area contributed by atoms with Crippen LogP contribution in [0.25, 0.3) is 0 Å². The second-order valence-electron chi connectivity index (χ2n) is 4.11. The summed E-state index contributed by atoms with van der Waals surface area (Å²) in [6.45, 7) is 4.91. The van der Waals surface area contributed by atoms with Crippen molar-refractivity contribution in [3.63, 3.8) is 0 Å². The zero-order valence-electron chi connectivity index (χ0n) is 9.39. The summed E-state index contributed by atoms with van der Waals surface area (Å²) in [4.78, 5) is 0. The Labute approximate surface area is 85.4 Å². The summed E-state index contributed by atoms with van der Waals surface area (Å²) >= 11 is 0. The quantitative estimate of drug-likeness (QED) is 0.783. The van der Waals surface area contributed by atoms with Gasteiger partial charge in [0, 0.05) is 24.6 Å². The average Bonchev–Trinajstić information content (AvgIpc) is 2.53. The smallest absolute Gasteiger partial charge is 0.111 e. The van der Waals surface area contributed by atoms with Gasteiger partial charge in [-0.05, 0) is 27.0 Å². The SMILES string of the molecule is CNC(C)(C)Cc1occc1COC. The predicted molar refractivity (Wildman–Crippen MR) is 56.3 cm³/mol. The predicted octanol–water partition coefficient (Wildman–Crippen LogP) is 1.97. The lowest BCUT2D eigenvalue weighted by atomic mass is 9.98. The third-order valence-electron chi connectivity index (χ3n) is 2.42. The molecule has 1 rings (SSSR count). The van der Waals surface area contributed by atoms with Crippen LogP contribution in [0.1, 0.15) is 25.2 Å². The molecule has 14 heavy (non-hydrogen) atoms. The molecule has 0 aliphatic rings. The minimum absolute atomic E-state index is 0.0559. The monoisotopic (exact) mass is 197 g/mol. The van der Waals surface area contributed by atoms with Gasteiger partial charge in [0.15, 0.2) is 0 Å². The van der Waals surface area contributed by atoms with Crippen LogP contribution >= 0.6 is 0 Å². The van der Waals surface area contributed by atoms with Crippen molar-refractivity contribution >= 4 is 0 Å². The van der Waals surface area contributed by atoms with Crippen LogP contribution in [0.3, 0.4) is 0 Å². The van der Waals surface area contributed by atoms with Crippen molar-refractivity contribution in [3.05, 3.63) is 23.7 Å². The topological polar surface area (TPSA) is 34.4 Å². The minimum atomic E-state index is 0.0559. The molecule has 0 aliphatic heterocycles. The van der Waals surface area contributed by atoms with Crippen LogP contribution in [0.4, 0.5) is 0 Å². The number of rotatable bonds is 5. The summed E-state index contributed by atoms with van der Waals surface area (Å²) < 4.78 is 10.5. The highest BCUT2D eigenvalue weighted by molar-refractivity contribution is 5.18. The van der Waals surface area contributed by atoms with Gasteiger partial charge in [-0.1, -0.05) is 0 Å². The lowest BCUT2D eigenvalue weighted by Crippen LogP contribution is -2.38. The van der Waals surface area contributed by atoms with Crippen molar-refractivity contribution in [3.8, 4) is 0 Å². The van der Waals surface area contributed by atoms with E-state index in [2.05, 4.69) is 19.2 Å². The maximum absolute atomic E-state index is 5.43. The van der Waals surface area contributed by atoms with E-state index in [0.717, 1.165) is 17.7 Å². The van der Waals surface area contributed by atoms with Gasteiger partial charge in [-0.15, -0.1) is 0 Å². The van der Waals surface area contributed by atoms with Crippen LogP contribution in [-0.4, -0.2) is 19.7 Å². The van der Waals surface area contributed by atoms with Crippen LogP contribution in [0.15, 0.2) is 16.7 Å². The van der Waals surface area contributed by atoms with Crippen molar-refractivity contribution in [1.82, 2.24) is 5.32 Å². The summed E-state index contributed by atoms with van der Waals surface area (Å²) in [7, 11) is 3.65. The van der Waals surface area contributed by atoms with Gasteiger partial charge in [-0.3, -0.25) is 0 Å². The summed E-state index contributed by atoms with van der Waals surface area (Å²) in [5.74, 6) is 1.01. The fourth-order valence-electron chi connectivity index (χ4n) is 1.30. The van der Waals surface area contributed by atoms with Crippen molar-refractivity contribution in [2.24, 2.45) is 0 Å². The number of hydrogen-bond acceptors (Lipinski definition) is 3. The van der Waals surface area contributed by atoms with Crippen LogP contribution < -0.4 is 5.32 Å². The maximum Gasteiger partial charge on any atom is 0.111 e. The van der Waals surface area contributed by atoms with Crippen LogP contribution in [0, 0.1) is 0 Å². The zero-order chi connectivity index (χ0) is 10.6. The van der Waals surface area contributed by atoms with E-state index >= 15 is 0 Å². The molecule has 0 spiro atoms. The van der Waals surface area contributed by atoms with E-state index < -0.39 is 0 Å². The fraction of sp³-hybridized carbons (Fsp3) is 0.636. The Morgan fingerprint density at radius 2 is 2.21 bits per heavy atom. The lowest BCUT2D eigenvalue weighted by molar-refractivity contribution is 0.182. The van der Waals surface area contributed by atoms with Crippen molar-refractivity contribution in [2.45, 2.75) is 32.4 Å². The van der Waals surface area contributed by atoms with Gasteiger partial charge in [0.2, 0.25) is 0 Å². The van der Waals surface area contributed by atoms with E-state index in [-0.39, 0.29) is 5.54 Å². The second-order valence-corrected chi connectivity index (χ2v) is 4.11. The van der Waals surface area contributed by atoms with Crippen molar-refractivity contribution in [2.75, 3.05) is 14.2 Å². The van der Waals surface area contributed by atoms with E-state index in [1.165, 1.54) is 0 Å². The first kappa shape index (κ1) is 11.3. The first-order valence-corrected chi connectivity index (χ1v) is 4.82. The molecular weight excluding hydrogens is 178 g/mol. The Bertz CT molecular complexity index is 279. The molecule has 80 valence electrons. The van der Waals surface area contributed by atoms with E-state index in [9.17, 15) is 0 Å². The maximum atomic E-state index is 5.43. The minimum Gasteiger partial charge on any atom is -0.469 e. The van der Waals surface area contributed by atoms with Gasteiger partial charge in [0.05, 0.1) is 12.9 Å². The number of furan rings is 1. The first-order valence-electron chi connectivity index (χ1n) is 4.82. The van der Waals surface area contributed by atoms with Crippen LogP contribution in [0.5, 0.6) is 0 Å². The molecule has 3 nitrogen and oxygen atoms in total. The first-order chi connectivity index (χ1) is 6.59. The largest absolute Gasteiger partial charge is 0.469 e. The highest BCUT2D eigenvalue weighted by Crippen LogP contribution is 2.18.